The quantitative estimate of drug-likeness (QED) is 0.747. The third kappa shape index (κ3) is 3.12. The molecule has 0 bridgehead atoms. The van der Waals surface area contributed by atoms with Crippen LogP contribution in [0.15, 0.2) is 4.99 Å². The summed E-state index contributed by atoms with van der Waals surface area (Å²) in [6.07, 6.45) is 2.26. The van der Waals surface area contributed by atoms with Gasteiger partial charge >= 0.3 is 0 Å². The fourth-order valence-corrected chi connectivity index (χ4v) is 2.35. The van der Waals surface area contributed by atoms with Crippen molar-refractivity contribution in [3.8, 4) is 0 Å². The molecule has 4 nitrogen and oxygen atoms in total. The fraction of sp³-hybridized carbons (Fsp3) is 0.800. The standard InChI is InChI=1S/C10H17N3OS/c1-6-5-15-10(11-6)12-7(2)9(14)13-8-3-4-8/h6-8H,3-5H2,1-2H3,(H,11,12)(H,13,14). The van der Waals surface area contributed by atoms with Crippen molar-refractivity contribution in [3.05, 3.63) is 0 Å². The predicted octanol–water partition coefficient (Wildman–Crippen LogP) is 0.734. The lowest BCUT2D eigenvalue weighted by Crippen LogP contribution is -2.44. The van der Waals surface area contributed by atoms with Crippen LogP contribution >= 0.6 is 11.8 Å². The molecule has 15 heavy (non-hydrogen) atoms. The van der Waals surface area contributed by atoms with E-state index in [0.717, 1.165) is 23.8 Å². The van der Waals surface area contributed by atoms with E-state index in [-0.39, 0.29) is 11.9 Å². The van der Waals surface area contributed by atoms with Crippen LogP contribution in [0, 0.1) is 0 Å². The molecule has 5 heteroatoms. The van der Waals surface area contributed by atoms with Crippen molar-refractivity contribution in [2.75, 3.05) is 5.75 Å². The van der Waals surface area contributed by atoms with Crippen LogP contribution in [-0.4, -0.2) is 35.0 Å². The number of nitrogens with zero attached hydrogens (tertiary/aromatic N) is 1. The Balaban J connectivity index is 1.77. The third-order valence-corrected chi connectivity index (χ3v) is 3.60. The summed E-state index contributed by atoms with van der Waals surface area (Å²) in [6.45, 7) is 3.96. The summed E-state index contributed by atoms with van der Waals surface area (Å²) < 4.78 is 0. The average Bonchev–Trinajstić information content (AvgIpc) is 2.90. The second kappa shape index (κ2) is 4.43. The summed E-state index contributed by atoms with van der Waals surface area (Å²) in [5.74, 6) is 1.10. The van der Waals surface area contributed by atoms with Gasteiger partial charge in [-0.1, -0.05) is 11.8 Å². The van der Waals surface area contributed by atoms with E-state index >= 15 is 0 Å². The highest BCUT2D eigenvalue weighted by Gasteiger charge is 2.26. The lowest BCUT2D eigenvalue weighted by molar-refractivity contribution is -0.122. The number of carbonyl (C=O) groups is 1. The fourth-order valence-electron chi connectivity index (χ4n) is 1.36. The van der Waals surface area contributed by atoms with Crippen molar-refractivity contribution >= 4 is 22.8 Å². The molecule has 2 atom stereocenters. The van der Waals surface area contributed by atoms with Gasteiger partial charge in [-0.15, -0.1) is 0 Å². The maximum absolute atomic E-state index is 11.6. The molecule has 2 rings (SSSR count). The Morgan fingerprint density at radius 3 is 2.87 bits per heavy atom. The number of hydrogen-bond acceptors (Lipinski definition) is 4. The normalized spacial score (nSPS) is 27.1. The maximum Gasteiger partial charge on any atom is 0.242 e. The molecule has 84 valence electrons. The van der Waals surface area contributed by atoms with E-state index in [2.05, 4.69) is 22.5 Å². The first-order valence-electron chi connectivity index (χ1n) is 5.42. The van der Waals surface area contributed by atoms with E-state index in [9.17, 15) is 4.79 Å². The maximum atomic E-state index is 11.6. The predicted molar refractivity (Wildman–Crippen MR) is 63.1 cm³/mol. The van der Waals surface area contributed by atoms with Crippen molar-refractivity contribution in [2.24, 2.45) is 4.99 Å². The largest absolute Gasteiger partial charge is 0.353 e. The minimum Gasteiger partial charge on any atom is -0.353 e. The molecule has 1 fully saturated rings. The van der Waals surface area contributed by atoms with Gasteiger partial charge in [0.05, 0.1) is 6.04 Å². The Bertz CT molecular complexity index is 288. The highest BCUT2D eigenvalue weighted by molar-refractivity contribution is 8.14. The van der Waals surface area contributed by atoms with E-state index < -0.39 is 0 Å². The van der Waals surface area contributed by atoms with Gasteiger partial charge in [0.1, 0.15) is 6.04 Å². The molecule has 0 aromatic heterocycles. The number of hydrogen-bond donors (Lipinski definition) is 2. The zero-order chi connectivity index (χ0) is 10.8. The van der Waals surface area contributed by atoms with Crippen LogP contribution in [0.2, 0.25) is 0 Å². The first-order chi connectivity index (χ1) is 7.15. The van der Waals surface area contributed by atoms with E-state index in [4.69, 9.17) is 0 Å². The second-order valence-corrected chi connectivity index (χ2v) is 5.25. The van der Waals surface area contributed by atoms with Crippen molar-refractivity contribution in [2.45, 2.75) is 44.8 Å². The average molecular weight is 227 g/mol. The Morgan fingerprint density at radius 1 is 1.60 bits per heavy atom. The first kappa shape index (κ1) is 10.8. The van der Waals surface area contributed by atoms with Crippen molar-refractivity contribution in [3.63, 3.8) is 0 Å². The van der Waals surface area contributed by atoms with E-state index in [1.165, 1.54) is 0 Å². The van der Waals surface area contributed by atoms with E-state index in [1.807, 2.05) is 6.92 Å². The lowest BCUT2D eigenvalue weighted by atomic mass is 10.3. The molecule has 2 N–H and O–H groups in total. The van der Waals surface area contributed by atoms with Crippen molar-refractivity contribution in [1.82, 2.24) is 10.6 Å². The number of amidine groups is 1. The number of aliphatic imine (C=N–C) groups is 1. The van der Waals surface area contributed by atoms with Crippen LogP contribution in [0.3, 0.4) is 0 Å². The molecule has 1 amide bonds. The monoisotopic (exact) mass is 227 g/mol. The van der Waals surface area contributed by atoms with Gasteiger partial charge in [-0.05, 0) is 26.7 Å². The van der Waals surface area contributed by atoms with Crippen LogP contribution in [0.1, 0.15) is 26.7 Å². The third-order valence-electron chi connectivity index (χ3n) is 2.46. The Hall–Kier alpha value is -0.710. The summed E-state index contributed by atoms with van der Waals surface area (Å²) in [5.41, 5.74) is 0. The van der Waals surface area contributed by atoms with Gasteiger partial charge in [-0.3, -0.25) is 9.79 Å². The van der Waals surface area contributed by atoms with Gasteiger partial charge in [-0.25, -0.2) is 0 Å². The molecule has 1 aliphatic heterocycles. The molecule has 1 saturated carbocycles. The molecule has 0 spiro atoms. The smallest absolute Gasteiger partial charge is 0.242 e. The number of carbonyl (C=O) groups excluding carboxylic acids is 1. The minimum atomic E-state index is -0.179. The molecular formula is C10H17N3OS. The Kier molecular flexibility index (Phi) is 3.19. The topological polar surface area (TPSA) is 53.5 Å². The molecule has 1 aliphatic carbocycles. The SMILES string of the molecule is CC1CSC(NC(C)C(=O)NC2CC2)=N1. The molecule has 0 aromatic carbocycles. The van der Waals surface area contributed by atoms with Crippen LogP contribution < -0.4 is 10.6 Å². The van der Waals surface area contributed by atoms with E-state index in [0.29, 0.717) is 12.1 Å². The summed E-state index contributed by atoms with van der Waals surface area (Å²) >= 11 is 1.69. The molecule has 0 saturated heterocycles. The number of amides is 1. The van der Waals surface area contributed by atoms with Gasteiger partial charge < -0.3 is 10.6 Å². The molecule has 2 unspecified atom stereocenters. The molecule has 2 aliphatic rings. The summed E-state index contributed by atoms with van der Waals surface area (Å²) in [6, 6.07) is 0.622. The zero-order valence-corrected chi connectivity index (χ0v) is 9.93. The number of nitrogens with one attached hydrogen (secondary N) is 2. The van der Waals surface area contributed by atoms with Gasteiger partial charge in [0, 0.05) is 11.8 Å². The summed E-state index contributed by atoms with van der Waals surface area (Å²) in [4.78, 5) is 16.0. The van der Waals surface area contributed by atoms with Crippen LogP contribution in [0.5, 0.6) is 0 Å². The first-order valence-corrected chi connectivity index (χ1v) is 6.41. The van der Waals surface area contributed by atoms with Crippen molar-refractivity contribution < 1.29 is 4.79 Å². The van der Waals surface area contributed by atoms with Gasteiger partial charge in [0.25, 0.3) is 0 Å². The number of thioether (sulfide) groups is 1. The zero-order valence-electron chi connectivity index (χ0n) is 9.12. The van der Waals surface area contributed by atoms with E-state index in [1.54, 1.807) is 11.8 Å². The Labute approximate surface area is 94.3 Å². The second-order valence-electron chi connectivity index (χ2n) is 4.24. The van der Waals surface area contributed by atoms with Crippen LogP contribution in [-0.2, 0) is 4.79 Å². The highest BCUT2D eigenvalue weighted by Crippen LogP contribution is 2.19. The Morgan fingerprint density at radius 2 is 2.33 bits per heavy atom. The molecule has 0 radical (unpaired) electrons. The summed E-state index contributed by atoms with van der Waals surface area (Å²) in [7, 11) is 0. The minimum absolute atomic E-state index is 0.0837. The molecule has 1 heterocycles. The molecule has 0 aromatic rings. The summed E-state index contributed by atoms with van der Waals surface area (Å²) in [5, 5.41) is 7.02. The van der Waals surface area contributed by atoms with Crippen molar-refractivity contribution in [1.29, 1.82) is 0 Å². The molecular weight excluding hydrogens is 210 g/mol. The van der Waals surface area contributed by atoms with Gasteiger partial charge in [0.2, 0.25) is 5.91 Å². The highest BCUT2D eigenvalue weighted by atomic mass is 32.2. The van der Waals surface area contributed by atoms with Gasteiger partial charge in [-0.2, -0.15) is 0 Å². The van der Waals surface area contributed by atoms with Gasteiger partial charge in [0.15, 0.2) is 5.17 Å². The van der Waals surface area contributed by atoms with Crippen LogP contribution in [0.25, 0.3) is 0 Å². The van der Waals surface area contributed by atoms with Crippen LogP contribution in [0.4, 0.5) is 0 Å². The lowest BCUT2D eigenvalue weighted by Gasteiger charge is -2.13. The number of rotatable bonds is 3.